The Bertz CT molecular complexity index is 316. The molecule has 2 atom stereocenters. The van der Waals surface area contributed by atoms with E-state index in [4.69, 9.17) is 10.5 Å². The molecule has 1 aliphatic heterocycles. The van der Waals surface area contributed by atoms with Gasteiger partial charge in [0.15, 0.2) is 9.84 Å². The Kier molecular flexibility index (Phi) is 4.73. The lowest BCUT2D eigenvalue weighted by Crippen LogP contribution is -2.46. The molecule has 1 aliphatic rings. The van der Waals surface area contributed by atoms with Gasteiger partial charge in [0, 0.05) is 18.6 Å². The number of sulfone groups is 1. The van der Waals surface area contributed by atoms with E-state index in [-0.39, 0.29) is 29.7 Å². The van der Waals surface area contributed by atoms with Gasteiger partial charge in [0.1, 0.15) is 0 Å². The zero-order valence-corrected chi connectivity index (χ0v) is 11.0. The van der Waals surface area contributed by atoms with E-state index in [1.54, 1.807) is 0 Å². The lowest BCUT2D eigenvalue weighted by atomic mass is 10.1. The van der Waals surface area contributed by atoms with Gasteiger partial charge >= 0.3 is 0 Å². The van der Waals surface area contributed by atoms with Crippen LogP contribution in [-0.4, -0.2) is 63.2 Å². The first kappa shape index (κ1) is 13.9. The third kappa shape index (κ3) is 4.01. The van der Waals surface area contributed by atoms with E-state index in [0.29, 0.717) is 13.2 Å². The van der Waals surface area contributed by atoms with Gasteiger partial charge in [-0.2, -0.15) is 0 Å². The predicted octanol–water partition coefficient (Wildman–Crippen LogP) is -0.532. The van der Waals surface area contributed by atoms with Crippen LogP contribution in [0.4, 0.5) is 0 Å². The first-order chi connectivity index (χ1) is 7.32. The van der Waals surface area contributed by atoms with Crippen LogP contribution in [0.1, 0.15) is 13.8 Å². The highest BCUT2D eigenvalue weighted by Gasteiger charge is 2.37. The molecule has 2 N–H and O–H groups in total. The van der Waals surface area contributed by atoms with Crippen LogP contribution in [0.5, 0.6) is 0 Å². The van der Waals surface area contributed by atoms with Crippen molar-refractivity contribution in [2.24, 2.45) is 5.73 Å². The van der Waals surface area contributed by atoms with E-state index in [1.807, 2.05) is 25.8 Å². The van der Waals surface area contributed by atoms with Gasteiger partial charge in [0.2, 0.25) is 0 Å². The number of likely N-dealkylation sites (N-methyl/N-ethyl adjacent to an activating group) is 1. The molecule has 0 saturated carbocycles. The maximum Gasteiger partial charge on any atom is 0.153 e. The molecule has 0 bridgehead atoms. The van der Waals surface area contributed by atoms with Gasteiger partial charge in [-0.05, 0) is 20.9 Å². The molecule has 96 valence electrons. The lowest BCUT2D eigenvalue weighted by Gasteiger charge is -2.26. The normalized spacial score (nSPS) is 29.1. The Labute approximate surface area is 97.9 Å². The van der Waals surface area contributed by atoms with E-state index in [2.05, 4.69) is 0 Å². The Morgan fingerprint density at radius 1 is 1.44 bits per heavy atom. The maximum absolute atomic E-state index is 11.4. The summed E-state index contributed by atoms with van der Waals surface area (Å²) in [6.45, 7) is 5.28. The van der Waals surface area contributed by atoms with Gasteiger partial charge in [-0.3, -0.25) is 4.90 Å². The summed E-state index contributed by atoms with van der Waals surface area (Å²) in [5.41, 5.74) is 5.83. The summed E-state index contributed by atoms with van der Waals surface area (Å²) in [5.74, 6) is 0.277. The van der Waals surface area contributed by atoms with Crippen molar-refractivity contribution < 1.29 is 13.2 Å². The summed E-state index contributed by atoms with van der Waals surface area (Å²) in [7, 11) is -1.04. The first-order valence-electron chi connectivity index (χ1n) is 5.59. The molecule has 1 rings (SSSR count). The van der Waals surface area contributed by atoms with Crippen LogP contribution in [0, 0.1) is 0 Å². The molecule has 0 aromatic rings. The average molecular weight is 250 g/mol. The second-order valence-corrected chi connectivity index (χ2v) is 6.86. The highest BCUT2D eigenvalue weighted by atomic mass is 32.2. The quantitative estimate of drug-likeness (QED) is 0.710. The Morgan fingerprint density at radius 3 is 2.50 bits per heavy atom. The van der Waals surface area contributed by atoms with Gasteiger partial charge in [0.25, 0.3) is 0 Å². The third-order valence-corrected chi connectivity index (χ3v) is 4.57. The molecule has 2 unspecified atom stereocenters. The molecule has 0 aromatic heterocycles. The molecule has 1 fully saturated rings. The predicted molar refractivity (Wildman–Crippen MR) is 64.1 cm³/mol. The molecular formula is C10H22N2O3S. The summed E-state index contributed by atoms with van der Waals surface area (Å²) in [6, 6.07) is -0.338. The van der Waals surface area contributed by atoms with E-state index >= 15 is 0 Å². The van der Waals surface area contributed by atoms with E-state index in [9.17, 15) is 8.42 Å². The Balaban J connectivity index is 2.40. The largest absolute Gasteiger partial charge is 0.377 e. The van der Waals surface area contributed by atoms with Gasteiger partial charge in [-0.15, -0.1) is 0 Å². The summed E-state index contributed by atoms with van der Waals surface area (Å²) in [5, 5.41) is 0. The topological polar surface area (TPSA) is 72.6 Å². The van der Waals surface area contributed by atoms with Gasteiger partial charge in [-0.25, -0.2) is 8.42 Å². The standard InChI is InChI=1S/C10H22N2O3S/c1-8(2)15-5-4-12(3)10-7-16(13,14)6-9(10)11/h8-10H,4-7,11H2,1-3H3. The minimum absolute atomic E-state index is 0.0687. The number of hydrogen-bond donors (Lipinski definition) is 1. The van der Waals surface area contributed by atoms with Crippen LogP contribution in [0.3, 0.4) is 0 Å². The SMILES string of the molecule is CC(C)OCCN(C)C1CS(=O)(=O)CC1N. The monoisotopic (exact) mass is 250 g/mol. The molecule has 5 nitrogen and oxygen atoms in total. The molecule has 6 heteroatoms. The molecule has 0 aliphatic carbocycles. The number of nitrogens with two attached hydrogens (primary N) is 1. The minimum atomic E-state index is -2.94. The summed E-state index contributed by atoms with van der Waals surface area (Å²) in [4.78, 5) is 1.98. The lowest BCUT2D eigenvalue weighted by molar-refractivity contribution is 0.0566. The van der Waals surface area contributed by atoms with Gasteiger partial charge < -0.3 is 10.5 Å². The molecule has 0 amide bonds. The van der Waals surface area contributed by atoms with E-state index in [1.165, 1.54) is 0 Å². The van der Waals surface area contributed by atoms with E-state index < -0.39 is 9.84 Å². The molecule has 1 heterocycles. The van der Waals surface area contributed by atoms with Crippen molar-refractivity contribution in [3.8, 4) is 0 Å². The van der Waals surface area contributed by atoms with Crippen LogP contribution in [0.2, 0.25) is 0 Å². The van der Waals surface area contributed by atoms with Gasteiger partial charge in [-0.1, -0.05) is 0 Å². The molecule has 0 aromatic carbocycles. The number of ether oxygens (including phenoxy) is 1. The minimum Gasteiger partial charge on any atom is -0.377 e. The summed E-state index contributed by atoms with van der Waals surface area (Å²) >= 11 is 0. The summed E-state index contributed by atoms with van der Waals surface area (Å²) in [6.07, 6.45) is 0.203. The Hall–Kier alpha value is -0.170. The number of rotatable bonds is 5. The van der Waals surface area contributed by atoms with Crippen molar-refractivity contribution >= 4 is 9.84 Å². The van der Waals surface area contributed by atoms with Crippen molar-refractivity contribution in [1.29, 1.82) is 0 Å². The fourth-order valence-electron chi connectivity index (χ4n) is 1.91. The number of hydrogen-bond acceptors (Lipinski definition) is 5. The average Bonchev–Trinajstić information content (AvgIpc) is 2.39. The van der Waals surface area contributed by atoms with Crippen LogP contribution in [0.25, 0.3) is 0 Å². The van der Waals surface area contributed by atoms with Crippen molar-refractivity contribution in [3.63, 3.8) is 0 Å². The first-order valence-corrected chi connectivity index (χ1v) is 7.42. The van der Waals surface area contributed by atoms with Crippen LogP contribution < -0.4 is 5.73 Å². The van der Waals surface area contributed by atoms with Crippen molar-refractivity contribution in [2.75, 3.05) is 31.7 Å². The van der Waals surface area contributed by atoms with Crippen LogP contribution in [-0.2, 0) is 14.6 Å². The zero-order valence-electron chi connectivity index (χ0n) is 10.2. The molecule has 1 saturated heterocycles. The highest BCUT2D eigenvalue weighted by molar-refractivity contribution is 7.91. The zero-order chi connectivity index (χ0) is 12.3. The highest BCUT2D eigenvalue weighted by Crippen LogP contribution is 2.15. The van der Waals surface area contributed by atoms with Crippen molar-refractivity contribution in [1.82, 2.24) is 4.90 Å². The fourth-order valence-corrected chi connectivity index (χ4v) is 3.88. The van der Waals surface area contributed by atoms with Crippen LogP contribution in [0.15, 0.2) is 0 Å². The smallest absolute Gasteiger partial charge is 0.153 e. The maximum atomic E-state index is 11.4. The second-order valence-electron chi connectivity index (χ2n) is 4.71. The summed E-state index contributed by atoms with van der Waals surface area (Å²) < 4.78 is 28.2. The van der Waals surface area contributed by atoms with Crippen LogP contribution >= 0.6 is 0 Å². The molecular weight excluding hydrogens is 228 g/mol. The van der Waals surface area contributed by atoms with Gasteiger partial charge in [0.05, 0.1) is 24.2 Å². The fraction of sp³-hybridized carbons (Fsp3) is 1.00. The molecule has 16 heavy (non-hydrogen) atoms. The second kappa shape index (κ2) is 5.44. The van der Waals surface area contributed by atoms with Crippen molar-refractivity contribution in [2.45, 2.75) is 32.0 Å². The third-order valence-electron chi connectivity index (χ3n) is 2.83. The molecule has 0 radical (unpaired) electrons. The Morgan fingerprint density at radius 2 is 2.06 bits per heavy atom. The molecule has 0 spiro atoms. The number of nitrogens with zero attached hydrogens (tertiary/aromatic N) is 1. The van der Waals surface area contributed by atoms with E-state index in [0.717, 1.165) is 0 Å². The van der Waals surface area contributed by atoms with Crippen molar-refractivity contribution in [3.05, 3.63) is 0 Å².